The number of allylic oxidation sites excluding steroid dienone is 10. The summed E-state index contributed by atoms with van der Waals surface area (Å²) < 4.78 is 0. The van der Waals surface area contributed by atoms with Gasteiger partial charge >= 0.3 is 0 Å². The summed E-state index contributed by atoms with van der Waals surface area (Å²) in [6.45, 7) is 12.1. The lowest BCUT2D eigenvalue weighted by Crippen LogP contribution is -2.43. The molecule has 0 amide bonds. The number of ketones is 2. The first-order chi connectivity index (χ1) is 11.2. The van der Waals surface area contributed by atoms with Gasteiger partial charge in [0.2, 0.25) is 5.78 Å². The maximum Gasteiger partial charge on any atom is 0.201 e. The van der Waals surface area contributed by atoms with Crippen LogP contribution in [-0.4, -0.2) is 11.6 Å². The average Bonchev–Trinajstić information content (AvgIpc) is 2.50. The molecule has 1 rings (SSSR count). The van der Waals surface area contributed by atoms with E-state index in [2.05, 4.69) is 51.2 Å². The third-order valence-electron chi connectivity index (χ3n) is 4.58. The highest BCUT2D eigenvalue weighted by atomic mass is 16.2. The van der Waals surface area contributed by atoms with Gasteiger partial charge in [-0.1, -0.05) is 80.5 Å². The number of Topliss-reactive ketones (excluding diaryl/α,β-unsaturated/α-hetero) is 2. The van der Waals surface area contributed by atoms with Gasteiger partial charge in [0.1, 0.15) is 0 Å². The molecule has 2 atom stereocenters. The fraction of sp³-hybridized carbons (Fsp3) is 0.455. The molecule has 1 aliphatic carbocycles. The highest BCUT2D eigenvalue weighted by Crippen LogP contribution is 2.41. The lowest BCUT2D eigenvalue weighted by Gasteiger charge is -2.39. The molecule has 0 aromatic heterocycles. The molecule has 2 unspecified atom stereocenters. The van der Waals surface area contributed by atoms with Gasteiger partial charge in [0.15, 0.2) is 5.78 Å². The van der Waals surface area contributed by atoms with Crippen LogP contribution < -0.4 is 0 Å². The zero-order chi connectivity index (χ0) is 18.3. The third-order valence-corrected chi connectivity index (χ3v) is 4.58. The molecule has 130 valence electrons. The number of carbonyl (C=O) groups excluding carboxylic acids is 2. The molecule has 2 heteroatoms. The molecule has 0 N–H and O–H groups in total. The first kappa shape index (κ1) is 20.1. The van der Waals surface area contributed by atoms with Crippen LogP contribution in [0.15, 0.2) is 59.8 Å². The van der Waals surface area contributed by atoms with E-state index < -0.39 is 0 Å². The lowest BCUT2D eigenvalue weighted by atomic mass is 9.63. The standard InChI is InChI=1S/C22H30O2/c1-7-8-10-16(2)11-9-12-17(3)13-14-19-18(4)21(24)20(23)15-22(19,5)6/h7-14,18-19H,15H2,1-6H3/b8-7?,11-9+,14-13?,16-10+,17-12+. The van der Waals surface area contributed by atoms with Crippen molar-refractivity contribution in [2.24, 2.45) is 17.3 Å². The molecular formula is C22H30O2. The van der Waals surface area contributed by atoms with Crippen molar-refractivity contribution in [1.29, 1.82) is 0 Å². The molecule has 2 nitrogen and oxygen atoms in total. The van der Waals surface area contributed by atoms with E-state index in [1.165, 1.54) is 5.57 Å². The molecule has 24 heavy (non-hydrogen) atoms. The van der Waals surface area contributed by atoms with E-state index in [1.807, 2.05) is 39.0 Å². The quantitative estimate of drug-likeness (QED) is 0.501. The second-order valence-electron chi connectivity index (χ2n) is 7.33. The minimum atomic E-state index is -0.244. The Hall–Kier alpha value is -1.96. The van der Waals surface area contributed by atoms with Gasteiger partial charge in [-0.2, -0.15) is 0 Å². The van der Waals surface area contributed by atoms with E-state index in [0.717, 1.165) is 5.57 Å². The van der Waals surface area contributed by atoms with Gasteiger partial charge in [0.25, 0.3) is 0 Å². The van der Waals surface area contributed by atoms with Gasteiger partial charge in [0.05, 0.1) is 0 Å². The number of carbonyl (C=O) groups is 2. The molecule has 0 heterocycles. The summed E-state index contributed by atoms with van der Waals surface area (Å²) in [7, 11) is 0. The highest BCUT2D eigenvalue weighted by molar-refractivity contribution is 6.38. The van der Waals surface area contributed by atoms with E-state index in [1.54, 1.807) is 0 Å². The van der Waals surface area contributed by atoms with E-state index in [0.29, 0.717) is 6.42 Å². The first-order valence-corrected chi connectivity index (χ1v) is 8.59. The molecular weight excluding hydrogens is 296 g/mol. The van der Waals surface area contributed by atoms with Gasteiger partial charge in [-0.05, 0) is 32.1 Å². The van der Waals surface area contributed by atoms with E-state index in [-0.39, 0.29) is 28.8 Å². The minimum Gasteiger partial charge on any atom is -0.291 e. The topological polar surface area (TPSA) is 34.1 Å². The molecule has 1 fully saturated rings. The molecule has 0 spiro atoms. The van der Waals surface area contributed by atoms with Crippen molar-refractivity contribution in [3.63, 3.8) is 0 Å². The molecule has 0 saturated heterocycles. The van der Waals surface area contributed by atoms with Crippen LogP contribution in [0.25, 0.3) is 0 Å². The Kier molecular flexibility index (Phi) is 7.34. The van der Waals surface area contributed by atoms with Crippen molar-refractivity contribution in [3.05, 3.63) is 59.8 Å². The average molecular weight is 326 g/mol. The predicted octanol–water partition coefficient (Wildman–Crippen LogP) is 5.39. The Balaban J connectivity index is 2.83. The maximum atomic E-state index is 12.0. The van der Waals surface area contributed by atoms with Crippen LogP contribution in [0.5, 0.6) is 0 Å². The van der Waals surface area contributed by atoms with Crippen LogP contribution in [0.3, 0.4) is 0 Å². The van der Waals surface area contributed by atoms with Crippen LogP contribution >= 0.6 is 0 Å². The van der Waals surface area contributed by atoms with E-state index in [9.17, 15) is 9.59 Å². The van der Waals surface area contributed by atoms with Crippen molar-refractivity contribution in [3.8, 4) is 0 Å². The van der Waals surface area contributed by atoms with Crippen LogP contribution in [0.4, 0.5) is 0 Å². The molecule has 1 aliphatic rings. The van der Waals surface area contributed by atoms with Crippen LogP contribution in [-0.2, 0) is 9.59 Å². The van der Waals surface area contributed by atoms with Crippen molar-refractivity contribution in [2.45, 2.75) is 48.0 Å². The largest absolute Gasteiger partial charge is 0.291 e. The summed E-state index contributed by atoms with van der Waals surface area (Å²) in [6, 6.07) is 0. The highest BCUT2D eigenvalue weighted by Gasteiger charge is 2.44. The van der Waals surface area contributed by atoms with Crippen LogP contribution in [0, 0.1) is 17.3 Å². The summed E-state index contributed by atoms with van der Waals surface area (Å²) in [6.07, 6.45) is 16.7. The number of rotatable bonds is 5. The fourth-order valence-corrected chi connectivity index (χ4v) is 3.11. The Morgan fingerprint density at radius 3 is 2.25 bits per heavy atom. The Labute approximate surface area is 146 Å². The molecule has 0 aromatic carbocycles. The van der Waals surface area contributed by atoms with E-state index in [4.69, 9.17) is 0 Å². The van der Waals surface area contributed by atoms with Crippen molar-refractivity contribution < 1.29 is 9.59 Å². The van der Waals surface area contributed by atoms with Gasteiger partial charge in [-0.3, -0.25) is 9.59 Å². The number of hydrogen-bond acceptors (Lipinski definition) is 2. The SMILES string of the molecule is CC=C/C=C(C)/C=C/C=C(\C)C=CC1C(C)C(=O)C(=O)CC1(C)C. The fourth-order valence-electron chi connectivity index (χ4n) is 3.11. The van der Waals surface area contributed by atoms with Gasteiger partial charge in [-0.15, -0.1) is 0 Å². The predicted molar refractivity (Wildman–Crippen MR) is 102 cm³/mol. The Morgan fingerprint density at radius 1 is 1.04 bits per heavy atom. The monoisotopic (exact) mass is 326 g/mol. The Bertz CT molecular complexity index is 624. The maximum absolute atomic E-state index is 12.0. The van der Waals surface area contributed by atoms with Crippen LogP contribution in [0.1, 0.15) is 48.0 Å². The molecule has 1 saturated carbocycles. The number of hydrogen-bond donors (Lipinski definition) is 0. The first-order valence-electron chi connectivity index (χ1n) is 8.59. The van der Waals surface area contributed by atoms with Gasteiger partial charge < -0.3 is 0 Å². The smallest absolute Gasteiger partial charge is 0.201 e. The van der Waals surface area contributed by atoms with Gasteiger partial charge in [-0.25, -0.2) is 0 Å². The minimum absolute atomic E-state index is 0.0892. The zero-order valence-electron chi connectivity index (χ0n) is 15.8. The summed E-state index contributed by atoms with van der Waals surface area (Å²) in [5.74, 6) is -0.607. The van der Waals surface area contributed by atoms with Crippen molar-refractivity contribution in [2.75, 3.05) is 0 Å². The molecule has 0 aliphatic heterocycles. The van der Waals surface area contributed by atoms with Crippen molar-refractivity contribution in [1.82, 2.24) is 0 Å². The van der Waals surface area contributed by atoms with Crippen molar-refractivity contribution >= 4 is 11.6 Å². The third kappa shape index (κ3) is 5.59. The normalized spacial score (nSPS) is 26.2. The molecule has 0 radical (unpaired) electrons. The summed E-state index contributed by atoms with van der Waals surface area (Å²) in [5, 5.41) is 0. The zero-order valence-corrected chi connectivity index (χ0v) is 15.8. The molecule has 0 bridgehead atoms. The summed E-state index contributed by atoms with van der Waals surface area (Å²) in [5.41, 5.74) is 2.13. The Morgan fingerprint density at radius 2 is 1.62 bits per heavy atom. The van der Waals surface area contributed by atoms with Crippen LogP contribution in [0.2, 0.25) is 0 Å². The second kappa shape index (κ2) is 8.77. The second-order valence-corrected chi connectivity index (χ2v) is 7.33. The molecule has 0 aromatic rings. The lowest BCUT2D eigenvalue weighted by molar-refractivity contribution is -0.145. The summed E-state index contributed by atoms with van der Waals surface area (Å²) >= 11 is 0. The summed E-state index contributed by atoms with van der Waals surface area (Å²) in [4.78, 5) is 23.8. The van der Waals surface area contributed by atoms with Gasteiger partial charge in [0, 0.05) is 12.3 Å². The van der Waals surface area contributed by atoms with E-state index >= 15 is 0 Å².